The highest BCUT2D eigenvalue weighted by atomic mass is 16.1. The number of H-pyrrole nitrogens is 1. The maximum atomic E-state index is 12.3. The molecule has 0 aliphatic carbocycles. The summed E-state index contributed by atoms with van der Waals surface area (Å²) in [6.07, 6.45) is 3.59. The summed E-state index contributed by atoms with van der Waals surface area (Å²) in [4.78, 5) is 37.6. The molecule has 0 saturated heterocycles. The summed E-state index contributed by atoms with van der Waals surface area (Å²) in [7, 11) is 0. The number of aromatic nitrogens is 1. The van der Waals surface area contributed by atoms with Crippen LogP contribution in [0.25, 0.3) is 5.57 Å². The maximum absolute atomic E-state index is 12.3. The lowest BCUT2D eigenvalue weighted by molar-refractivity contribution is -0.118. The number of nitrogens with two attached hydrogens (primary N) is 1. The number of hydrogen-bond acceptors (Lipinski definition) is 3. The molecule has 0 bridgehead atoms. The minimum Gasteiger partial charge on any atom is -0.370 e. The fraction of sp³-hybridized carbons (Fsp3) is 0.348. The highest BCUT2D eigenvalue weighted by molar-refractivity contribution is 5.94. The minimum absolute atomic E-state index is 0.0430. The van der Waals surface area contributed by atoms with Gasteiger partial charge >= 0.3 is 0 Å². The molecule has 3 N–H and O–H groups in total. The van der Waals surface area contributed by atoms with Crippen molar-refractivity contribution in [3.63, 3.8) is 0 Å². The second kappa shape index (κ2) is 8.83. The third kappa shape index (κ3) is 5.52. The minimum atomic E-state index is -0.403. The quantitative estimate of drug-likeness (QED) is 0.562. The molecule has 0 aliphatic heterocycles. The standard InChI is InChI=1S/C23H28N2O3/c1-15(26)18-13-14-20(25-22(18)28)19(7-5-6-8-21(24)27)16-9-11-17(12-10-16)23(2,3)4/h7,9-14H,5-6,8H2,1-4H3,(H2,24,27)(H,25,28)/b19-7+. The first-order valence-electron chi connectivity index (χ1n) is 9.43. The summed E-state index contributed by atoms with van der Waals surface area (Å²) in [5, 5.41) is 0. The van der Waals surface area contributed by atoms with Gasteiger partial charge in [0.15, 0.2) is 5.78 Å². The van der Waals surface area contributed by atoms with Gasteiger partial charge in [-0.3, -0.25) is 14.4 Å². The number of carbonyl (C=O) groups is 2. The zero-order chi connectivity index (χ0) is 20.9. The van der Waals surface area contributed by atoms with E-state index in [1.165, 1.54) is 12.5 Å². The molecule has 0 radical (unpaired) electrons. The van der Waals surface area contributed by atoms with Crippen LogP contribution in [-0.4, -0.2) is 16.7 Å². The van der Waals surface area contributed by atoms with E-state index in [2.05, 4.69) is 37.9 Å². The summed E-state index contributed by atoms with van der Waals surface area (Å²) in [5.74, 6) is -0.599. The Labute approximate surface area is 165 Å². The number of hydrogen-bond donors (Lipinski definition) is 2. The molecular weight excluding hydrogens is 352 g/mol. The van der Waals surface area contributed by atoms with Gasteiger partial charge in [0, 0.05) is 17.7 Å². The summed E-state index contributed by atoms with van der Waals surface area (Å²) < 4.78 is 0. The topological polar surface area (TPSA) is 93.0 Å². The summed E-state index contributed by atoms with van der Waals surface area (Å²) in [6, 6.07) is 11.5. The molecule has 28 heavy (non-hydrogen) atoms. The van der Waals surface area contributed by atoms with Crippen molar-refractivity contribution in [3.8, 4) is 0 Å². The molecule has 1 aromatic carbocycles. The SMILES string of the molecule is CC(=O)c1ccc(/C(=C/CCCC(N)=O)c2ccc(C(C)(C)C)cc2)[nH]c1=O. The molecule has 1 amide bonds. The first-order chi connectivity index (χ1) is 13.1. The van der Waals surface area contributed by atoms with Crippen LogP contribution in [0.5, 0.6) is 0 Å². The fourth-order valence-corrected chi connectivity index (χ4v) is 2.96. The van der Waals surface area contributed by atoms with E-state index in [1.54, 1.807) is 12.1 Å². The van der Waals surface area contributed by atoms with Crippen LogP contribution >= 0.6 is 0 Å². The van der Waals surface area contributed by atoms with Gasteiger partial charge in [-0.25, -0.2) is 0 Å². The van der Waals surface area contributed by atoms with E-state index in [0.717, 1.165) is 11.1 Å². The molecule has 2 aromatic rings. The van der Waals surface area contributed by atoms with E-state index in [4.69, 9.17) is 5.73 Å². The van der Waals surface area contributed by atoms with Gasteiger partial charge < -0.3 is 10.7 Å². The molecule has 0 unspecified atom stereocenters. The summed E-state index contributed by atoms with van der Waals surface area (Å²) in [6.45, 7) is 7.83. The molecular formula is C23H28N2O3. The number of unbranched alkanes of at least 4 members (excludes halogenated alkanes) is 1. The van der Waals surface area contributed by atoms with Crippen molar-refractivity contribution < 1.29 is 9.59 Å². The van der Waals surface area contributed by atoms with E-state index >= 15 is 0 Å². The predicted octanol–water partition coefficient (Wildman–Crippen LogP) is 3.96. The van der Waals surface area contributed by atoms with Gasteiger partial charge in [-0.2, -0.15) is 0 Å². The van der Waals surface area contributed by atoms with E-state index in [0.29, 0.717) is 25.0 Å². The van der Waals surface area contributed by atoms with Gasteiger partial charge in [0.1, 0.15) is 0 Å². The van der Waals surface area contributed by atoms with Crippen LogP contribution in [0.3, 0.4) is 0 Å². The number of nitrogens with one attached hydrogen (secondary N) is 1. The van der Waals surface area contributed by atoms with Crippen LogP contribution in [0.4, 0.5) is 0 Å². The molecule has 5 heteroatoms. The van der Waals surface area contributed by atoms with Crippen LogP contribution in [0, 0.1) is 0 Å². The largest absolute Gasteiger partial charge is 0.370 e. The second-order valence-electron chi connectivity index (χ2n) is 7.97. The molecule has 0 atom stereocenters. The second-order valence-corrected chi connectivity index (χ2v) is 7.97. The first-order valence-corrected chi connectivity index (χ1v) is 9.43. The summed E-state index contributed by atoms with van der Waals surface area (Å²) in [5.41, 5.74) is 8.66. The van der Waals surface area contributed by atoms with Gasteiger partial charge in [0.25, 0.3) is 5.56 Å². The third-order valence-corrected chi connectivity index (χ3v) is 4.62. The van der Waals surface area contributed by atoms with Crippen molar-refractivity contribution in [1.29, 1.82) is 0 Å². The zero-order valence-corrected chi connectivity index (χ0v) is 17.0. The average molecular weight is 380 g/mol. The van der Waals surface area contributed by atoms with Gasteiger partial charge in [-0.05, 0) is 48.4 Å². The van der Waals surface area contributed by atoms with E-state index in [1.807, 2.05) is 18.2 Å². The van der Waals surface area contributed by atoms with Crippen molar-refractivity contribution in [2.75, 3.05) is 0 Å². The smallest absolute Gasteiger partial charge is 0.259 e. The Kier molecular flexibility index (Phi) is 6.73. The predicted molar refractivity (Wildman–Crippen MR) is 112 cm³/mol. The molecule has 0 spiro atoms. The lowest BCUT2D eigenvalue weighted by atomic mass is 9.86. The molecule has 1 aromatic heterocycles. The van der Waals surface area contributed by atoms with Crippen LogP contribution in [0.1, 0.15) is 74.1 Å². The van der Waals surface area contributed by atoms with Gasteiger partial charge in [-0.1, -0.05) is 51.1 Å². The molecule has 148 valence electrons. The Morgan fingerprint density at radius 1 is 1.07 bits per heavy atom. The molecule has 0 saturated carbocycles. The molecule has 0 aliphatic rings. The first kappa shape index (κ1) is 21.4. The average Bonchev–Trinajstić information content (AvgIpc) is 2.60. The monoisotopic (exact) mass is 380 g/mol. The van der Waals surface area contributed by atoms with E-state index in [9.17, 15) is 14.4 Å². The van der Waals surface area contributed by atoms with Crippen LogP contribution < -0.4 is 11.3 Å². The Hall–Kier alpha value is -2.95. The normalized spacial score (nSPS) is 12.1. The van der Waals surface area contributed by atoms with Crippen molar-refractivity contribution >= 4 is 17.3 Å². The lowest BCUT2D eigenvalue weighted by Crippen LogP contribution is -2.17. The van der Waals surface area contributed by atoms with Crippen LogP contribution in [0.2, 0.25) is 0 Å². The fourth-order valence-electron chi connectivity index (χ4n) is 2.96. The zero-order valence-electron chi connectivity index (χ0n) is 17.0. The van der Waals surface area contributed by atoms with Crippen LogP contribution in [0.15, 0.2) is 47.3 Å². The number of Topliss-reactive ketones (excluding diaryl/α,β-unsaturated/α-hetero) is 1. The van der Waals surface area contributed by atoms with Gasteiger partial charge in [-0.15, -0.1) is 0 Å². The number of amides is 1. The van der Waals surface area contributed by atoms with Gasteiger partial charge in [0.2, 0.25) is 5.91 Å². The van der Waals surface area contributed by atoms with Gasteiger partial charge in [0.05, 0.1) is 5.56 Å². The lowest BCUT2D eigenvalue weighted by Gasteiger charge is -2.19. The van der Waals surface area contributed by atoms with Crippen LogP contribution in [-0.2, 0) is 10.2 Å². The Bertz CT molecular complexity index is 945. The third-order valence-electron chi connectivity index (χ3n) is 4.62. The van der Waals surface area contributed by atoms with Crippen molar-refractivity contribution in [2.24, 2.45) is 5.73 Å². The Morgan fingerprint density at radius 2 is 1.71 bits per heavy atom. The Morgan fingerprint density at radius 3 is 2.21 bits per heavy atom. The molecule has 5 nitrogen and oxygen atoms in total. The number of ketones is 1. The summed E-state index contributed by atoms with van der Waals surface area (Å²) >= 11 is 0. The molecule has 2 rings (SSSR count). The number of aromatic amines is 1. The number of primary amides is 1. The Balaban J connectivity index is 2.44. The van der Waals surface area contributed by atoms with Crippen molar-refractivity contribution in [2.45, 2.75) is 52.4 Å². The number of allylic oxidation sites excluding steroid dienone is 1. The number of benzene rings is 1. The number of pyridine rings is 1. The van der Waals surface area contributed by atoms with Crippen molar-refractivity contribution in [1.82, 2.24) is 4.98 Å². The molecule has 1 heterocycles. The number of carbonyl (C=O) groups excluding carboxylic acids is 2. The van der Waals surface area contributed by atoms with E-state index < -0.39 is 5.56 Å². The van der Waals surface area contributed by atoms with E-state index in [-0.39, 0.29) is 22.7 Å². The highest BCUT2D eigenvalue weighted by Crippen LogP contribution is 2.27. The number of rotatable bonds is 7. The highest BCUT2D eigenvalue weighted by Gasteiger charge is 2.15. The molecule has 0 fully saturated rings. The van der Waals surface area contributed by atoms with Crippen molar-refractivity contribution in [3.05, 3.63) is 75.2 Å². The maximum Gasteiger partial charge on any atom is 0.259 e.